The minimum absolute atomic E-state index is 0.0522. The molecule has 33 heavy (non-hydrogen) atoms. The Kier molecular flexibility index (Phi) is 6.85. The molecule has 0 bridgehead atoms. The largest absolute Gasteiger partial charge is 0.497 e. The molecule has 0 saturated carbocycles. The van der Waals surface area contributed by atoms with Crippen molar-refractivity contribution in [2.75, 3.05) is 12.9 Å². The normalized spacial score (nSPS) is 11.1. The van der Waals surface area contributed by atoms with E-state index in [1.54, 1.807) is 30.0 Å². The van der Waals surface area contributed by atoms with Crippen molar-refractivity contribution in [2.24, 2.45) is 5.10 Å². The second-order valence-electron chi connectivity index (χ2n) is 7.19. The average Bonchev–Trinajstić information content (AvgIpc) is 2.84. The van der Waals surface area contributed by atoms with Crippen LogP contribution in [0.1, 0.15) is 11.1 Å². The SMILES string of the molecule is COc1ccc(C=NNC(=O)CSc2nc3ccccc3c(=O)n2-c2ccccc2C)cc1. The summed E-state index contributed by atoms with van der Waals surface area (Å²) in [5.41, 5.74) is 5.44. The first kappa shape index (κ1) is 22.3. The Morgan fingerprint density at radius 3 is 2.58 bits per heavy atom. The monoisotopic (exact) mass is 458 g/mol. The maximum atomic E-state index is 13.3. The standard InChI is InChI=1S/C25H22N4O3S/c1-17-7-3-6-10-22(17)29-24(31)20-8-4-5-9-21(20)27-25(29)33-16-23(30)28-26-15-18-11-13-19(32-2)14-12-18/h3-15H,16H2,1-2H3,(H,28,30). The van der Waals surface area contributed by atoms with E-state index in [4.69, 9.17) is 4.74 Å². The highest BCUT2D eigenvalue weighted by atomic mass is 32.2. The van der Waals surface area contributed by atoms with Crippen molar-refractivity contribution in [3.63, 3.8) is 0 Å². The van der Waals surface area contributed by atoms with Gasteiger partial charge in [-0.1, -0.05) is 42.1 Å². The minimum Gasteiger partial charge on any atom is -0.497 e. The third kappa shape index (κ3) is 5.12. The fourth-order valence-electron chi connectivity index (χ4n) is 3.27. The zero-order valence-electron chi connectivity index (χ0n) is 18.2. The van der Waals surface area contributed by atoms with Gasteiger partial charge in [-0.05, 0) is 60.5 Å². The molecule has 4 rings (SSSR count). The number of hydrogen-bond donors (Lipinski definition) is 1. The lowest BCUT2D eigenvalue weighted by Crippen LogP contribution is -2.24. The molecule has 0 fully saturated rings. The van der Waals surface area contributed by atoms with Crippen LogP contribution < -0.4 is 15.7 Å². The number of amides is 1. The molecule has 0 saturated heterocycles. The molecule has 0 spiro atoms. The van der Waals surface area contributed by atoms with E-state index in [1.807, 2.05) is 67.6 Å². The fourth-order valence-corrected chi connectivity index (χ4v) is 4.07. The molecule has 1 amide bonds. The van der Waals surface area contributed by atoms with Crippen LogP contribution in [0.4, 0.5) is 0 Å². The molecular formula is C25H22N4O3S. The van der Waals surface area contributed by atoms with E-state index < -0.39 is 0 Å². The minimum atomic E-state index is -0.302. The highest BCUT2D eigenvalue weighted by molar-refractivity contribution is 7.99. The van der Waals surface area contributed by atoms with Crippen LogP contribution in [0.3, 0.4) is 0 Å². The highest BCUT2D eigenvalue weighted by Crippen LogP contribution is 2.23. The molecule has 8 heteroatoms. The van der Waals surface area contributed by atoms with Crippen molar-refractivity contribution in [2.45, 2.75) is 12.1 Å². The Labute approximate surface area is 195 Å². The fraction of sp³-hybridized carbons (Fsp3) is 0.120. The summed E-state index contributed by atoms with van der Waals surface area (Å²) in [6.45, 7) is 1.94. The molecule has 0 atom stereocenters. The molecule has 0 aliphatic heterocycles. The number of para-hydroxylation sites is 2. The van der Waals surface area contributed by atoms with Gasteiger partial charge < -0.3 is 4.74 Å². The smallest absolute Gasteiger partial charge is 0.266 e. The number of rotatable bonds is 7. The van der Waals surface area contributed by atoms with E-state index >= 15 is 0 Å². The van der Waals surface area contributed by atoms with Crippen LogP contribution in [0.2, 0.25) is 0 Å². The number of ether oxygens (including phenoxy) is 1. The maximum Gasteiger partial charge on any atom is 0.266 e. The molecule has 0 aliphatic rings. The lowest BCUT2D eigenvalue weighted by molar-refractivity contribution is -0.118. The Morgan fingerprint density at radius 1 is 1.09 bits per heavy atom. The lowest BCUT2D eigenvalue weighted by atomic mass is 10.2. The Morgan fingerprint density at radius 2 is 1.82 bits per heavy atom. The number of fused-ring (bicyclic) bond motifs is 1. The third-order valence-electron chi connectivity index (χ3n) is 4.95. The molecule has 1 aromatic heterocycles. The first-order chi connectivity index (χ1) is 16.1. The molecule has 166 valence electrons. The first-order valence-electron chi connectivity index (χ1n) is 10.2. The van der Waals surface area contributed by atoms with E-state index in [0.29, 0.717) is 16.1 Å². The number of carbonyl (C=O) groups is 1. The van der Waals surface area contributed by atoms with Crippen molar-refractivity contribution >= 4 is 34.8 Å². The molecule has 4 aromatic rings. The Bertz CT molecular complexity index is 1380. The van der Waals surface area contributed by atoms with Crippen LogP contribution in [0.5, 0.6) is 5.75 Å². The zero-order chi connectivity index (χ0) is 23.2. The van der Waals surface area contributed by atoms with Gasteiger partial charge in [-0.3, -0.25) is 14.2 Å². The number of methoxy groups -OCH3 is 1. The number of nitrogens with zero attached hydrogens (tertiary/aromatic N) is 3. The first-order valence-corrected chi connectivity index (χ1v) is 11.2. The van der Waals surface area contributed by atoms with E-state index in [1.165, 1.54) is 11.8 Å². The maximum absolute atomic E-state index is 13.3. The van der Waals surface area contributed by atoms with Gasteiger partial charge in [0.1, 0.15) is 5.75 Å². The highest BCUT2D eigenvalue weighted by Gasteiger charge is 2.15. The predicted octanol–water partition coefficient (Wildman–Crippen LogP) is 3.95. The molecule has 3 aromatic carbocycles. The summed E-state index contributed by atoms with van der Waals surface area (Å²) in [7, 11) is 1.60. The van der Waals surface area contributed by atoms with E-state index in [0.717, 1.165) is 22.6 Å². The number of benzene rings is 3. The molecule has 0 aliphatic carbocycles. The Balaban J connectivity index is 1.54. The summed E-state index contributed by atoms with van der Waals surface area (Å²) in [6, 6.07) is 22.1. The second-order valence-corrected chi connectivity index (χ2v) is 8.14. The van der Waals surface area contributed by atoms with Crippen LogP contribution in [0.25, 0.3) is 16.6 Å². The van der Waals surface area contributed by atoms with Gasteiger partial charge in [0.05, 0.1) is 35.7 Å². The molecular weight excluding hydrogens is 436 g/mol. The van der Waals surface area contributed by atoms with E-state index in [2.05, 4.69) is 15.5 Å². The molecule has 0 unspecified atom stereocenters. The summed E-state index contributed by atoms with van der Waals surface area (Å²) in [6.07, 6.45) is 1.56. The van der Waals surface area contributed by atoms with Crippen LogP contribution in [0.15, 0.2) is 87.8 Å². The molecule has 0 radical (unpaired) electrons. The van der Waals surface area contributed by atoms with Crippen LogP contribution in [-0.4, -0.2) is 34.5 Å². The Hall–Kier alpha value is -3.91. The van der Waals surface area contributed by atoms with Gasteiger partial charge in [0.25, 0.3) is 11.5 Å². The molecule has 7 nitrogen and oxygen atoms in total. The van der Waals surface area contributed by atoms with E-state index in [9.17, 15) is 9.59 Å². The zero-order valence-corrected chi connectivity index (χ0v) is 19.0. The van der Waals surface area contributed by atoms with Crippen molar-refractivity contribution in [3.05, 3.63) is 94.3 Å². The van der Waals surface area contributed by atoms with Crippen LogP contribution in [0, 0.1) is 6.92 Å². The topological polar surface area (TPSA) is 85.6 Å². The second kappa shape index (κ2) is 10.1. The van der Waals surface area contributed by atoms with Crippen molar-refractivity contribution < 1.29 is 9.53 Å². The van der Waals surface area contributed by atoms with Gasteiger partial charge in [0.15, 0.2) is 5.16 Å². The van der Waals surface area contributed by atoms with Crippen molar-refractivity contribution in [3.8, 4) is 11.4 Å². The average molecular weight is 459 g/mol. The number of hydrazone groups is 1. The van der Waals surface area contributed by atoms with Gasteiger partial charge in [-0.2, -0.15) is 5.10 Å². The summed E-state index contributed by atoms with van der Waals surface area (Å²) in [5.74, 6) is 0.495. The predicted molar refractivity (Wildman–Crippen MR) is 132 cm³/mol. The van der Waals surface area contributed by atoms with Gasteiger partial charge >= 0.3 is 0 Å². The van der Waals surface area contributed by atoms with Gasteiger partial charge in [0, 0.05) is 0 Å². The quantitative estimate of drug-likeness (QED) is 0.196. The van der Waals surface area contributed by atoms with Gasteiger partial charge in [-0.25, -0.2) is 10.4 Å². The summed E-state index contributed by atoms with van der Waals surface area (Å²) >= 11 is 1.19. The summed E-state index contributed by atoms with van der Waals surface area (Å²) in [5, 5.41) is 4.98. The lowest BCUT2D eigenvalue weighted by Gasteiger charge is -2.14. The van der Waals surface area contributed by atoms with Crippen LogP contribution >= 0.6 is 11.8 Å². The van der Waals surface area contributed by atoms with Gasteiger partial charge in [0.2, 0.25) is 0 Å². The van der Waals surface area contributed by atoms with Crippen molar-refractivity contribution in [1.29, 1.82) is 0 Å². The van der Waals surface area contributed by atoms with Crippen molar-refractivity contribution in [1.82, 2.24) is 15.0 Å². The summed E-state index contributed by atoms with van der Waals surface area (Å²) in [4.78, 5) is 30.4. The van der Waals surface area contributed by atoms with Gasteiger partial charge in [-0.15, -0.1) is 0 Å². The van der Waals surface area contributed by atoms with E-state index in [-0.39, 0.29) is 17.2 Å². The molecule has 1 heterocycles. The number of thioether (sulfide) groups is 1. The van der Waals surface area contributed by atoms with Crippen LogP contribution in [-0.2, 0) is 4.79 Å². The number of hydrogen-bond acceptors (Lipinski definition) is 6. The number of nitrogens with one attached hydrogen (secondary N) is 1. The number of carbonyl (C=O) groups excluding carboxylic acids is 1. The number of aromatic nitrogens is 2. The third-order valence-corrected chi connectivity index (χ3v) is 5.89. The molecule has 1 N–H and O–H groups in total. The number of aryl methyl sites for hydroxylation is 1. The summed E-state index contributed by atoms with van der Waals surface area (Å²) < 4.78 is 6.69.